The van der Waals surface area contributed by atoms with Gasteiger partial charge in [0.15, 0.2) is 6.29 Å². The van der Waals surface area contributed by atoms with E-state index >= 15 is 0 Å². The first-order chi connectivity index (χ1) is 7.78. The minimum Gasteiger partial charge on any atom is -0.399 e. The highest BCUT2D eigenvalue weighted by Gasteiger charge is 2.08. The fourth-order valence-electron chi connectivity index (χ4n) is 1.14. The SMILES string of the molecule is Nc1ccc(NOS(=O)(=O)O)cc1CC(O)O. The van der Waals surface area contributed by atoms with Gasteiger partial charge in [-0.25, -0.2) is 5.48 Å². The van der Waals surface area contributed by atoms with Gasteiger partial charge in [0.2, 0.25) is 0 Å². The number of anilines is 2. The molecule has 6 N–H and O–H groups in total. The summed E-state index contributed by atoms with van der Waals surface area (Å²) in [5, 5.41) is 17.6. The highest BCUT2D eigenvalue weighted by Crippen LogP contribution is 2.19. The fraction of sp³-hybridized carbons (Fsp3) is 0.250. The van der Waals surface area contributed by atoms with Crippen molar-refractivity contribution >= 4 is 21.8 Å². The molecule has 0 saturated heterocycles. The van der Waals surface area contributed by atoms with Crippen LogP contribution in [0.3, 0.4) is 0 Å². The van der Waals surface area contributed by atoms with E-state index in [1.807, 2.05) is 5.48 Å². The number of nitrogens with one attached hydrogen (secondary N) is 1. The molecule has 0 spiro atoms. The number of nitrogens with two attached hydrogens (primary N) is 1. The van der Waals surface area contributed by atoms with Crippen molar-refractivity contribution in [1.29, 1.82) is 0 Å². The highest BCUT2D eigenvalue weighted by atomic mass is 32.3. The third-order valence-corrected chi connectivity index (χ3v) is 2.10. The molecular weight excluding hydrogens is 252 g/mol. The van der Waals surface area contributed by atoms with Crippen molar-refractivity contribution in [2.45, 2.75) is 12.7 Å². The van der Waals surface area contributed by atoms with Gasteiger partial charge in [-0.3, -0.25) is 4.55 Å². The first kappa shape index (κ1) is 13.7. The summed E-state index contributed by atoms with van der Waals surface area (Å²) in [6.45, 7) is 0. The molecule has 0 saturated carbocycles. The molecule has 0 heterocycles. The van der Waals surface area contributed by atoms with Crippen molar-refractivity contribution in [2.24, 2.45) is 0 Å². The molecule has 9 heteroatoms. The Balaban J connectivity index is 2.81. The smallest absolute Gasteiger partial charge is 0.399 e. The topological polar surface area (TPSA) is 142 Å². The molecule has 1 aromatic rings. The van der Waals surface area contributed by atoms with Gasteiger partial charge in [-0.15, -0.1) is 4.28 Å². The molecular formula is C8H12N2O6S. The minimum absolute atomic E-state index is 0.118. The number of hydrogen-bond acceptors (Lipinski definition) is 7. The molecule has 0 aliphatic rings. The predicted octanol–water partition coefficient (Wildman–Crippen LogP) is -0.732. The summed E-state index contributed by atoms with van der Waals surface area (Å²) in [5.74, 6) is 0. The Labute approximate surface area is 97.5 Å². The Morgan fingerprint density at radius 2 is 2.06 bits per heavy atom. The van der Waals surface area contributed by atoms with Gasteiger partial charge in [0.05, 0.1) is 5.69 Å². The zero-order chi connectivity index (χ0) is 13.1. The summed E-state index contributed by atoms with van der Waals surface area (Å²) in [7, 11) is -4.61. The maximum absolute atomic E-state index is 10.3. The minimum atomic E-state index is -4.61. The van der Waals surface area contributed by atoms with Crippen molar-refractivity contribution < 1.29 is 27.5 Å². The summed E-state index contributed by atoms with van der Waals surface area (Å²) in [4.78, 5) is 0. The van der Waals surface area contributed by atoms with E-state index in [1.165, 1.54) is 18.2 Å². The van der Waals surface area contributed by atoms with Gasteiger partial charge in [-0.2, -0.15) is 8.42 Å². The second-order valence-corrected chi connectivity index (χ2v) is 4.23. The summed E-state index contributed by atoms with van der Waals surface area (Å²) >= 11 is 0. The number of hydrogen-bond donors (Lipinski definition) is 5. The van der Waals surface area contributed by atoms with Crippen LogP contribution in [0.2, 0.25) is 0 Å². The largest absolute Gasteiger partial charge is 0.418 e. The lowest BCUT2D eigenvalue weighted by molar-refractivity contribution is -0.0380. The molecule has 96 valence electrons. The van der Waals surface area contributed by atoms with Crippen LogP contribution in [0.5, 0.6) is 0 Å². The number of aliphatic hydroxyl groups excluding tert-OH is 1. The molecule has 0 atom stereocenters. The lowest BCUT2D eigenvalue weighted by atomic mass is 10.1. The maximum atomic E-state index is 10.3. The van der Waals surface area contributed by atoms with Crippen LogP contribution in [0, 0.1) is 0 Å². The molecule has 0 unspecified atom stereocenters. The number of rotatable bonds is 5. The van der Waals surface area contributed by atoms with E-state index in [9.17, 15) is 8.42 Å². The third-order valence-electron chi connectivity index (χ3n) is 1.81. The van der Waals surface area contributed by atoms with Crippen LogP contribution in [0.4, 0.5) is 11.4 Å². The van der Waals surface area contributed by atoms with Crippen molar-refractivity contribution in [3.63, 3.8) is 0 Å². The summed E-state index contributed by atoms with van der Waals surface area (Å²) in [5.41, 5.74) is 8.43. The van der Waals surface area contributed by atoms with Gasteiger partial charge in [-0.1, -0.05) is 0 Å². The number of nitrogen functional groups attached to an aromatic ring is 1. The number of benzene rings is 1. The van der Waals surface area contributed by atoms with Crippen LogP contribution in [-0.2, 0) is 21.1 Å². The maximum Gasteiger partial charge on any atom is 0.418 e. The van der Waals surface area contributed by atoms with Crippen molar-refractivity contribution in [2.75, 3.05) is 11.2 Å². The summed E-state index contributed by atoms with van der Waals surface area (Å²) < 4.78 is 32.9. The van der Waals surface area contributed by atoms with Gasteiger partial charge in [0.25, 0.3) is 0 Å². The average molecular weight is 264 g/mol. The van der Waals surface area contributed by atoms with E-state index in [2.05, 4.69) is 4.28 Å². The highest BCUT2D eigenvalue weighted by molar-refractivity contribution is 7.80. The van der Waals surface area contributed by atoms with Crippen LogP contribution in [-0.4, -0.2) is 29.5 Å². The third kappa shape index (κ3) is 4.97. The van der Waals surface area contributed by atoms with Crippen LogP contribution >= 0.6 is 0 Å². The Hall–Kier alpha value is -1.39. The van der Waals surface area contributed by atoms with E-state index in [1.54, 1.807) is 0 Å². The molecule has 0 fully saturated rings. The Kier molecular flexibility index (Phi) is 4.26. The molecule has 0 aromatic heterocycles. The molecule has 1 aromatic carbocycles. The van der Waals surface area contributed by atoms with E-state index in [4.69, 9.17) is 20.5 Å². The molecule has 0 bridgehead atoms. The zero-order valence-electron chi connectivity index (χ0n) is 8.57. The van der Waals surface area contributed by atoms with Crippen molar-refractivity contribution in [1.82, 2.24) is 0 Å². The van der Waals surface area contributed by atoms with Crippen LogP contribution in [0.1, 0.15) is 5.56 Å². The second kappa shape index (κ2) is 5.29. The van der Waals surface area contributed by atoms with E-state index in [0.29, 0.717) is 11.3 Å². The lowest BCUT2D eigenvalue weighted by Gasteiger charge is -2.10. The van der Waals surface area contributed by atoms with Crippen LogP contribution in [0.15, 0.2) is 18.2 Å². The normalized spacial score (nSPS) is 11.8. The van der Waals surface area contributed by atoms with Gasteiger partial charge >= 0.3 is 10.4 Å². The standard InChI is InChI=1S/C8H12N2O6S/c9-7-2-1-6(10-16-17(13,14)15)3-5(7)4-8(11)12/h1-3,8,10-12H,4,9H2,(H,13,14,15). The van der Waals surface area contributed by atoms with Gasteiger partial charge in [0, 0.05) is 12.1 Å². The van der Waals surface area contributed by atoms with Gasteiger partial charge in [0.1, 0.15) is 0 Å². The second-order valence-electron chi connectivity index (χ2n) is 3.21. The first-order valence-corrected chi connectivity index (χ1v) is 5.81. The summed E-state index contributed by atoms with van der Waals surface area (Å²) in [6, 6.07) is 4.18. The molecule has 0 aliphatic carbocycles. The summed E-state index contributed by atoms with van der Waals surface area (Å²) in [6.07, 6.45) is -1.69. The zero-order valence-corrected chi connectivity index (χ0v) is 9.38. The Morgan fingerprint density at radius 1 is 1.41 bits per heavy atom. The van der Waals surface area contributed by atoms with Crippen LogP contribution < -0.4 is 11.2 Å². The van der Waals surface area contributed by atoms with Crippen LogP contribution in [0.25, 0.3) is 0 Å². The molecule has 17 heavy (non-hydrogen) atoms. The van der Waals surface area contributed by atoms with E-state index in [-0.39, 0.29) is 12.1 Å². The molecule has 0 aliphatic heterocycles. The monoisotopic (exact) mass is 264 g/mol. The molecule has 8 nitrogen and oxygen atoms in total. The number of aliphatic hydroxyl groups is 2. The van der Waals surface area contributed by atoms with Crippen molar-refractivity contribution in [3.8, 4) is 0 Å². The molecule has 0 amide bonds. The average Bonchev–Trinajstić information content (AvgIpc) is 2.17. The Bertz CT molecular complexity index is 487. The van der Waals surface area contributed by atoms with Gasteiger partial charge < -0.3 is 15.9 Å². The Morgan fingerprint density at radius 3 is 2.59 bits per heavy atom. The van der Waals surface area contributed by atoms with Crippen molar-refractivity contribution in [3.05, 3.63) is 23.8 Å². The van der Waals surface area contributed by atoms with E-state index < -0.39 is 16.7 Å². The first-order valence-electron chi connectivity index (χ1n) is 4.44. The lowest BCUT2D eigenvalue weighted by Crippen LogP contribution is -2.12. The molecule has 1 rings (SSSR count). The molecule has 0 radical (unpaired) electrons. The van der Waals surface area contributed by atoms with Gasteiger partial charge in [-0.05, 0) is 23.8 Å². The fourth-order valence-corrected chi connectivity index (χ4v) is 1.35. The van der Waals surface area contributed by atoms with E-state index in [0.717, 1.165) is 0 Å². The quantitative estimate of drug-likeness (QED) is 0.203. The predicted molar refractivity (Wildman–Crippen MR) is 59.0 cm³/mol.